The normalized spacial score (nSPS) is 19.9. The van der Waals surface area contributed by atoms with Gasteiger partial charge in [-0.15, -0.1) is 0 Å². The van der Waals surface area contributed by atoms with E-state index in [1.165, 1.54) is 13.2 Å². The number of anilines is 1. The molecule has 35 heavy (non-hydrogen) atoms. The Balaban J connectivity index is 1.51. The molecule has 1 aliphatic carbocycles. The predicted octanol–water partition coefficient (Wildman–Crippen LogP) is 6.78. The van der Waals surface area contributed by atoms with Crippen molar-refractivity contribution in [3.05, 3.63) is 98.0 Å². The van der Waals surface area contributed by atoms with Crippen molar-refractivity contribution in [3.8, 4) is 17.2 Å². The lowest BCUT2D eigenvalue weighted by molar-refractivity contribution is -0.385. The molecule has 0 aromatic heterocycles. The number of nitro groups is 1. The summed E-state index contributed by atoms with van der Waals surface area (Å²) >= 11 is 3.69. The molecular weight excluding hydrogens is 512 g/mol. The Morgan fingerprint density at radius 1 is 1.09 bits per heavy atom. The Morgan fingerprint density at radius 3 is 2.57 bits per heavy atom. The van der Waals surface area contributed by atoms with Gasteiger partial charge in [0.1, 0.15) is 12.4 Å². The Morgan fingerprint density at radius 2 is 1.86 bits per heavy atom. The number of ether oxygens (including phenoxy) is 3. The van der Waals surface area contributed by atoms with Crippen LogP contribution >= 0.6 is 15.9 Å². The van der Waals surface area contributed by atoms with Crippen molar-refractivity contribution in [2.75, 3.05) is 19.5 Å². The van der Waals surface area contributed by atoms with Crippen LogP contribution in [-0.2, 0) is 6.61 Å². The fraction of sp³-hybridized carbons (Fsp3) is 0.259. The van der Waals surface area contributed by atoms with Crippen LogP contribution in [0.2, 0.25) is 0 Å². The zero-order valence-electron chi connectivity index (χ0n) is 19.4. The maximum atomic E-state index is 11.5. The first kappa shape index (κ1) is 23.2. The van der Waals surface area contributed by atoms with Gasteiger partial charge in [-0.3, -0.25) is 10.1 Å². The summed E-state index contributed by atoms with van der Waals surface area (Å²) in [5.74, 6) is 1.99. The second-order valence-corrected chi connectivity index (χ2v) is 9.51. The lowest BCUT2D eigenvalue weighted by Gasteiger charge is -2.38. The molecule has 0 unspecified atom stereocenters. The van der Waals surface area contributed by atoms with E-state index < -0.39 is 0 Å². The molecule has 2 aliphatic rings. The first-order valence-corrected chi connectivity index (χ1v) is 12.1. The molecule has 0 spiro atoms. The number of hydrogen-bond donors (Lipinski definition) is 1. The highest BCUT2D eigenvalue weighted by Crippen LogP contribution is 2.54. The standard InChI is InChI=1S/C27H25BrN2O5/c1-33-23-14-18(30(31)32)13-21-19-9-6-10-20(19)25(29-26(21)23)17-11-22(28)27(24(12-17)34-2)35-15-16-7-4-3-5-8-16/h3-9,11-14,19-20,25,29H,10,15H2,1-2H3/t19-,20+,25-/m1/s1. The van der Waals surface area contributed by atoms with Crippen molar-refractivity contribution in [1.82, 2.24) is 0 Å². The third-order valence-corrected chi connectivity index (χ3v) is 7.27. The smallest absolute Gasteiger partial charge is 0.273 e. The molecule has 5 rings (SSSR count). The fourth-order valence-corrected chi connectivity index (χ4v) is 5.61. The fourth-order valence-electron chi connectivity index (χ4n) is 5.04. The molecule has 1 aliphatic heterocycles. The average molecular weight is 537 g/mol. The van der Waals surface area contributed by atoms with Gasteiger partial charge in [-0.05, 0) is 57.1 Å². The van der Waals surface area contributed by atoms with Crippen LogP contribution in [0.5, 0.6) is 17.2 Å². The van der Waals surface area contributed by atoms with Crippen LogP contribution in [0, 0.1) is 16.0 Å². The summed E-state index contributed by atoms with van der Waals surface area (Å²) < 4.78 is 18.2. The molecule has 0 radical (unpaired) electrons. The summed E-state index contributed by atoms with van der Waals surface area (Å²) in [4.78, 5) is 11.1. The molecular formula is C27H25BrN2O5. The Hall–Kier alpha value is -3.52. The van der Waals surface area contributed by atoms with E-state index in [0.717, 1.165) is 33.3 Å². The van der Waals surface area contributed by atoms with Crippen LogP contribution in [0.4, 0.5) is 11.4 Å². The SMILES string of the molecule is COc1cc([N+](=O)[O-])cc2c1N[C@H](c1cc(Br)c(OCc3ccccc3)c(OC)c1)[C@H]1CC=C[C@@H]21. The van der Waals surface area contributed by atoms with Crippen molar-refractivity contribution in [2.45, 2.75) is 25.0 Å². The Labute approximate surface area is 212 Å². The predicted molar refractivity (Wildman–Crippen MR) is 137 cm³/mol. The minimum atomic E-state index is -0.376. The highest BCUT2D eigenvalue weighted by Gasteiger charge is 2.40. The van der Waals surface area contributed by atoms with Crippen LogP contribution in [0.1, 0.15) is 35.1 Å². The topological polar surface area (TPSA) is 82.9 Å². The van der Waals surface area contributed by atoms with Gasteiger partial charge in [-0.1, -0.05) is 42.5 Å². The van der Waals surface area contributed by atoms with Crippen molar-refractivity contribution in [2.24, 2.45) is 5.92 Å². The molecule has 3 aromatic carbocycles. The molecule has 1 heterocycles. The van der Waals surface area contributed by atoms with Crippen molar-refractivity contribution >= 4 is 27.3 Å². The molecule has 7 nitrogen and oxygen atoms in total. The van der Waals surface area contributed by atoms with Gasteiger partial charge in [0, 0.05) is 12.0 Å². The highest BCUT2D eigenvalue weighted by atomic mass is 79.9. The molecule has 180 valence electrons. The highest BCUT2D eigenvalue weighted by molar-refractivity contribution is 9.10. The van der Waals surface area contributed by atoms with E-state index in [1.807, 2.05) is 36.4 Å². The molecule has 0 saturated heterocycles. The number of hydrogen-bond acceptors (Lipinski definition) is 6. The third-order valence-electron chi connectivity index (χ3n) is 6.69. The number of rotatable bonds is 7. The maximum Gasteiger partial charge on any atom is 0.273 e. The minimum absolute atomic E-state index is 0.0317. The quantitative estimate of drug-likeness (QED) is 0.203. The minimum Gasteiger partial charge on any atom is -0.494 e. The van der Waals surface area contributed by atoms with Gasteiger partial charge in [0.15, 0.2) is 11.5 Å². The van der Waals surface area contributed by atoms with Crippen LogP contribution in [0.3, 0.4) is 0 Å². The molecule has 3 aromatic rings. The van der Waals surface area contributed by atoms with Gasteiger partial charge in [-0.25, -0.2) is 0 Å². The molecule has 0 saturated carbocycles. The Kier molecular flexibility index (Phi) is 6.38. The summed E-state index contributed by atoms with van der Waals surface area (Å²) in [5.41, 5.74) is 3.81. The van der Waals surface area contributed by atoms with Crippen molar-refractivity contribution in [1.29, 1.82) is 0 Å². The van der Waals surface area contributed by atoms with E-state index in [1.54, 1.807) is 13.2 Å². The number of non-ortho nitro benzene ring substituents is 1. The largest absolute Gasteiger partial charge is 0.494 e. The van der Waals surface area contributed by atoms with Crippen LogP contribution < -0.4 is 19.5 Å². The number of fused-ring (bicyclic) bond motifs is 3. The van der Waals surface area contributed by atoms with Crippen LogP contribution in [0.25, 0.3) is 0 Å². The summed E-state index contributed by atoms with van der Waals surface area (Å²) in [6.45, 7) is 0.425. The summed E-state index contributed by atoms with van der Waals surface area (Å²) in [6, 6.07) is 17.1. The lowest BCUT2D eigenvalue weighted by Crippen LogP contribution is -2.29. The van der Waals surface area contributed by atoms with Gasteiger partial charge in [0.25, 0.3) is 5.69 Å². The zero-order chi connectivity index (χ0) is 24.5. The van der Waals surface area contributed by atoms with Crippen LogP contribution in [-0.4, -0.2) is 19.1 Å². The first-order chi connectivity index (χ1) is 17.0. The molecule has 0 bridgehead atoms. The van der Waals surface area contributed by atoms with E-state index in [2.05, 4.69) is 39.5 Å². The monoisotopic (exact) mass is 536 g/mol. The van der Waals surface area contributed by atoms with Gasteiger partial charge in [0.2, 0.25) is 0 Å². The zero-order valence-corrected chi connectivity index (χ0v) is 20.9. The second-order valence-electron chi connectivity index (χ2n) is 8.65. The van der Waals surface area contributed by atoms with E-state index in [9.17, 15) is 10.1 Å². The first-order valence-electron chi connectivity index (χ1n) is 11.3. The molecule has 0 fully saturated rings. The van der Waals surface area contributed by atoms with E-state index in [-0.39, 0.29) is 28.5 Å². The van der Waals surface area contributed by atoms with E-state index in [4.69, 9.17) is 14.2 Å². The van der Waals surface area contributed by atoms with E-state index in [0.29, 0.717) is 23.9 Å². The number of nitrogens with zero attached hydrogens (tertiary/aromatic N) is 1. The summed E-state index contributed by atoms with van der Waals surface area (Å²) in [5, 5.41) is 15.1. The third kappa shape index (κ3) is 4.34. The maximum absolute atomic E-state index is 11.5. The van der Waals surface area contributed by atoms with Crippen LogP contribution in [0.15, 0.2) is 71.2 Å². The van der Waals surface area contributed by atoms with Crippen molar-refractivity contribution < 1.29 is 19.1 Å². The number of benzene rings is 3. The number of nitrogens with one attached hydrogen (secondary N) is 1. The summed E-state index contributed by atoms with van der Waals surface area (Å²) in [7, 11) is 3.16. The molecule has 1 N–H and O–H groups in total. The second kappa shape index (κ2) is 9.62. The Bertz CT molecular complexity index is 1290. The molecule has 8 heteroatoms. The van der Waals surface area contributed by atoms with Gasteiger partial charge in [-0.2, -0.15) is 0 Å². The number of nitro benzene ring substituents is 1. The van der Waals surface area contributed by atoms with Crippen molar-refractivity contribution in [3.63, 3.8) is 0 Å². The molecule has 3 atom stereocenters. The molecule has 0 amide bonds. The number of halogens is 1. The van der Waals surface area contributed by atoms with E-state index >= 15 is 0 Å². The number of methoxy groups -OCH3 is 2. The van der Waals surface area contributed by atoms with Gasteiger partial charge in [0.05, 0.1) is 41.4 Å². The lowest BCUT2D eigenvalue weighted by atomic mass is 9.76. The summed E-state index contributed by atoms with van der Waals surface area (Å²) in [6.07, 6.45) is 5.15. The number of allylic oxidation sites excluding steroid dienone is 2. The van der Waals surface area contributed by atoms with Gasteiger partial charge < -0.3 is 19.5 Å². The average Bonchev–Trinajstić information content (AvgIpc) is 3.37. The van der Waals surface area contributed by atoms with Gasteiger partial charge >= 0.3 is 0 Å².